The molecule has 1 aromatic carbocycles. The molecule has 1 aliphatic rings. The maximum atomic E-state index is 12.9. The van der Waals surface area contributed by atoms with Crippen LogP contribution in [0, 0.1) is 0 Å². The summed E-state index contributed by atoms with van der Waals surface area (Å²) < 4.78 is 77.2. The van der Waals surface area contributed by atoms with Crippen molar-refractivity contribution in [3.8, 4) is 0 Å². The van der Waals surface area contributed by atoms with Gasteiger partial charge in [-0.05, 0) is 17.7 Å². The Morgan fingerprint density at radius 1 is 0.950 bits per heavy atom. The van der Waals surface area contributed by atoms with Crippen molar-refractivity contribution < 1.29 is 26.3 Å². The molecule has 0 bridgehead atoms. The smallest absolute Gasteiger partial charge is 0.319 e. The first-order valence-electron chi connectivity index (χ1n) is 5.33. The molecule has 1 fully saturated rings. The normalized spacial score (nSPS) is 18.1. The van der Waals surface area contributed by atoms with Crippen LogP contribution < -0.4 is 11.1 Å². The lowest BCUT2D eigenvalue weighted by Gasteiger charge is -2.42. The van der Waals surface area contributed by atoms with Crippen molar-refractivity contribution in [2.75, 3.05) is 13.1 Å². The molecule has 0 unspecified atom stereocenters. The van der Waals surface area contributed by atoms with Crippen LogP contribution in [0.4, 0.5) is 26.3 Å². The molecule has 1 aliphatic heterocycles. The molecule has 9 heteroatoms. The molecule has 0 radical (unpaired) electrons. The van der Waals surface area contributed by atoms with Crippen molar-refractivity contribution in [3.05, 3.63) is 34.9 Å². The molecule has 0 saturated carbocycles. The fourth-order valence-electron chi connectivity index (χ4n) is 2.13. The second-order valence-electron chi connectivity index (χ2n) is 4.48. The predicted octanol–water partition coefficient (Wildman–Crippen LogP) is 2.90. The molecule has 2 nitrogen and oxygen atoms in total. The molecular weight excluding hydrogens is 310 g/mol. The van der Waals surface area contributed by atoms with Gasteiger partial charge in [-0.3, -0.25) is 0 Å². The van der Waals surface area contributed by atoms with E-state index < -0.39 is 34.6 Å². The number of hydrogen-bond acceptors (Lipinski definition) is 2. The zero-order chi connectivity index (χ0) is 14.5. The SMILES string of the molecule is Cl.NC1(c2c(C(F)(F)F)cccc2C(F)(F)F)CNC1. The fourth-order valence-corrected chi connectivity index (χ4v) is 2.13. The topological polar surface area (TPSA) is 38.0 Å². The van der Waals surface area contributed by atoms with Gasteiger partial charge in [0, 0.05) is 13.1 Å². The number of alkyl halides is 6. The van der Waals surface area contributed by atoms with Crippen LogP contribution in [0.3, 0.4) is 0 Å². The van der Waals surface area contributed by atoms with Crippen LogP contribution in [0.25, 0.3) is 0 Å². The Hall–Kier alpha value is -0.990. The van der Waals surface area contributed by atoms with Crippen LogP contribution in [0.2, 0.25) is 0 Å². The van der Waals surface area contributed by atoms with E-state index in [9.17, 15) is 26.3 Å². The Bertz CT molecular complexity index is 460. The number of halogens is 7. The summed E-state index contributed by atoms with van der Waals surface area (Å²) in [5.74, 6) is 0. The van der Waals surface area contributed by atoms with Gasteiger partial charge in [-0.1, -0.05) is 6.07 Å². The van der Waals surface area contributed by atoms with E-state index in [0.717, 1.165) is 6.07 Å². The Morgan fingerprint density at radius 2 is 1.35 bits per heavy atom. The Balaban J connectivity index is 0.00000200. The molecule has 0 atom stereocenters. The van der Waals surface area contributed by atoms with Gasteiger partial charge in [-0.2, -0.15) is 26.3 Å². The second kappa shape index (κ2) is 5.09. The van der Waals surface area contributed by atoms with Crippen LogP contribution in [-0.2, 0) is 17.9 Å². The minimum atomic E-state index is -4.88. The lowest BCUT2D eigenvalue weighted by molar-refractivity contribution is -0.145. The third-order valence-electron chi connectivity index (χ3n) is 3.05. The van der Waals surface area contributed by atoms with Crippen molar-refractivity contribution in [1.29, 1.82) is 0 Å². The molecule has 0 aliphatic carbocycles. The van der Waals surface area contributed by atoms with Gasteiger partial charge in [0.1, 0.15) is 0 Å². The van der Waals surface area contributed by atoms with Crippen molar-refractivity contribution in [1.82, 2.24) is 5.32 Å². The van der Waals surface area contributed by atoms with E-state index in [1.54, 1.807) is 0 Å². The second-order valence-corrected chi connectivity index (χ2v) is 4.48. The lowest BCUT2D eigenvalue weighted by atomic mass is 9.79. The maximum Gasteiger partial charge on any atom is 0.416 e. The summed E-state index contributed by atoms with van der Waals surface area (Å²) in [5, 5.41) is 2.60. The molecule has 0 spiro atoms. The minimum Gasteiger partial charge on any atom is -0.319 e. The summed E-state index contributed by atoms with van der Waals surface area (Å²) in [5.41, 5.74) is 0.479. The first kappa shape index (κ1) is 17.1. The van der Waals surface area contributed by atoms with Crippen molar-refractivity contribution >= 4 is 12.4 Å². The Kier molecular flexibility index (Phi) is 4.34. The van der Waals surface area contributed by atoms with Gasteiger partial charge in [0.15, 0.2) is 0 Å². The standard InChI is InChI=1S/C11H10F6N2.ClH/c12-10(13,14)6-2-1-3-7(11(15,16)17)8(6)9(18)4-19-5-9;/h1-3,19H,4-5,18H2;1H. The van der Waals surface area contributed by atoms with Crippen molar-refractivity contribution in [2.24, 2.45) is 5.73 Å². The van der Waals surface area contributed by atoms with Gasteiger partial charge in [-0.15, -0.1) is 12.4 Å². The molecule has 1 heterocycles. The molecule has 20 heavy (non-hydrogen) atoms. The first-order valence-corrected chi connectivity index (χ1v) is 5.33. The van der Waals surface area contributed by atoms with Gasteiger partial charge in [-0.25, -0.2) is 0 Å². The zero-order valence-corrected chi connectivity index (χ0v) is 10.7. The summed E-state index contributed by atoms with van der Waals surface area (Å²) in [4.78, 5) is 0. The van der Waals surface area contributed by atoms with Crippen LogP contribution in [0.1, 0.15) is 16.7 Å². The maximum absolute atomic E-state index is 12.9. The zero-order valence-electron chi connectivity index (χ0n) is 9.90. The summed E-state index contributed by atoms with van der Waals surface area (Å²) in [7, 11) is 0. The highest BCUT2D eigenvalue weighted by Crippen LogP contribution is 2.43. The first-order chi connectivity index (χ1) is 8.56. The van der Waals surface area contributed by atoms with Gasteiger partial charge >= 0.3 is 12.4 Å². The average Bonchev–Trinajstić information content (AvgIpc) is 2.22. The van der Waals surface area contributed by atoms with E-state index in [1.807, 2.05) is 0 Å². The van der Waals surface area contributed by atoms with Gasteiger partial charge < -0.3 is 11.1 Å². The van der Waals surface area contributed by atoms with Crippen LogP contribution in [-0.4, -0.2) is 13.1 Å². The van der Waals surface area contributed by atoms with E-state index in [4.69, 9.17) is 5.73 Å². The molecule has 0 amide bonds. The third-order valence-corrected chi connectivity index (χ3v) is 3.05. The van der Waals surface area contributed by atoms with E-state index in [-0.39, 0.29) is 25.5 Å². The van der Waals surface area contributed by atoms with Gasteiger partial charge in [0.05, 0.1) is 16.7 Å². The van der Waals surface area contributed by atoms with Gasteiger partial charge in [0.2, 0.25) is 0 Å². The van der Waals surface area contributed by atoms with Crippen LogP contribution >= 0.6 is 12.4 Å². The number of rotatable bonds is 1. The third kappa shape index (κ3) is 2.87. The van der Waals surface area contributed by atoms with Crippen LogP contribution in [0.5, 0.6) is 0 Å². The molecule has 1 aromatic rings. The summed E-state index contributed by atoms with van der Waals surface area (Å²) in [6, 6.07) is 1.99. The number of hydrogen-bond donors (Lipinski definition) is 2. The molecule has 3 N–H and O–H groups in total. The monoisotopic (exact) mass is 320 g/mol. The highest BCUT2D eigenvalue weighted by molar-refractivity contribution is 5.85. The Labute approximate surface area is 116 Å². The number of nitrogens with one attached hydrogen (secondary N) is 1. The van der Waals surface area contributed by atoms with E-state index in [0.29, 0.717) is 12.1 Å². The largest absolute Gasteiger partial charge is 0.416 e. The Morgan fingerprint density at radius 3 is 1.60 bits per heavy atom. The highest BCUT2D eigenvalue weighted by Gasteiger charge is 2.48. The van der Waals surface area contributed by atoms with Gasteiger partial charge in [0.25, 0.3) is 0 Å². The predicted molar refractivity (Wildman–Crippen MR) is 62.4 cm³/mol. The van der Waals surface area contributed by atoms with E-state index in [1.165, 1.54) is 0 Å². The van der Waals surface area contributed by atoms with Crippen molar-refractivity contribution in [3.63, 3.8) is 0 Å². The van der Waals surface area contributed by atoms with Crippen molar-refractivity contribution in [2.45, 2.75) is 17.9 Å². The fraction of sp³-hybridized carbons (Fsp3) is 0.455. The van der Waals surface area contributed by atoms with E-state index >= 15 is 0 Å². The highest BCUT2D eigenvalue weighted by atomic mass is 35.5. The van der Waals surface area contributed by atoms with Crippen LogP contribution in [0.15, 0.2) is 18.2 Å². The summed E-state index contributed by atoms with van der Waals surface area (Å²) in [6.45, 7) is -0.244. The summed E-state index contributed by atoms with van der Waals surface area (Å²) in [6.07, 6.45) is -9.75. The molecule has 114 valence electrons. The number of nitrogens with two attached hydrogens (primary N) is 1. The summed E-state index contributed by atoms with van der Waals surface area (Å²) >= 11 is 0. The molecule has 2 rings (SSSR count). The lowest BCUT2D eigenvalue weighted by Crippen LogP contribution is -2.64. The quantitative estimate of drug-likeness (QED) is 0.781. The average molecular weight is 321 g/mol. The molecule has 0 aromatic heterocycles. The molecular formula is C11H11ClF6N2. The molecule has 1 saturated heterocycles. The minimum absolute atomic E-state index is 0. The van der Waals surface area contributed by atoms with E-state index in [2.05, 4.69) is 5.32 Å². The number of benzene rings is 1.